The van der Waals surface area contributed by atoms with Crippen LogP contribution in [0.1, 0.15) is 13.8 Å². The summed E-state index contributed by atoms with van der Waals surface area (Å²) in [7, 11) is 4.44. The molecule has 4 heteroatoms. The van der Waals surface area contributed by atoms with Crippen molar-refractivity contribution in [3.8, 4) is 0 Å². The van der Waals surface area contributed by atoms with Gasteiger partial charge in [0.2, 0.25) is 0 Å². The maximum Gasteiger partial charge on any atom is -0.107 e. The van der Waals surface area contributed by atoms with E-state index in [1.807, 2.05) is 0 Å². The fourth-order valence-corrected chi connectivity index (χ4v) is 3.21. The number of nitrogens with zero attached hydrogens (tertiary/aromatic N) is 2. The first-order chi connectivity index (χ1) is 4.20. The Kier molecular flexibility index (Phi) is 13.2. The molecule has 0 unspecified atom stereocenters. The molecule has 62 valence electrons. The Bertz CT molecular complexity index is 64.8. The Morgan fingerprint density at radius 3 is 1.50 bits per heavy atom. The van der Waals surface area contributed by atoms with Crippen LogP contribution in [0.3, 0.4) is 0 Å². The first kappa shape index (κ1) is 14.5. The second kappa shape index (κ2) is 9.09. The van der Waals surface area contributed by atoms with Gasteiger partial charge in [-0.25, -0.2) is 0 Å². The Balaban J connectivity index is 0. The SMILES string of the molecule is CC[N](C)[Nd][N](C)CC.I. The van der Waals surface area contributed by atoms with Crippen molar-refractivity contribution in [2.45, 2.75) is 13.8 Å². The largest absolute Gasteiger partial charge is 0.107 e. The van der Waals surface area contributed by atoms with Gasteiger partial charge in [-0.15, -0.1) is 24.0 Å². The first-order valence-corrected chi connectivity index (χ1v) is 6.26. The van der Waals surface area contributed by atoms with Gasteiger partial charge in [-0.3, -0.25) is 0 Å². The Labute approximate surface area is 103 Å². The molecule has 0 fully saturated rings. The normalized spacial score (nSPS) is 9.80. The predicted octanol–water partition coefficient (Wildman–Crippen LogP) is 1.42. The standard InChI is InChI=1S/2C3H8N.HI.Nd/c2*1-3-4-2;;/h2*3H2,1-2H3;1H;/q2*-1;;+2. The van der Waals surface area contributed by atoms with E-state index in [1.165, 1.54) is 13.1 Å². The van der Waals surface area contributed by atoms with Crippen LogP contribution in [0.4, 0.5) is 0 Å². The molecule has 0 saturated heterocycles. The topological polar surface area (TPSA) is 6.48 Å². The van der Waals surface area contributed by atoms with E-state index in [2.05, 4.69) is 29.9 Å². The average molecular weight is 388 g/mol. The second-order valence-electron chi connectivity index (χ2n) is 2.13. The molecule has 0 aliphatic carbocycles. The number of hydrogen-bond donors (Lipinski definition) is 0. The van der Waals surface area contributed by atoms with Gasteiger partial charge in [-0.1, -0.05) is 0 Å². The fraction of sp³-hybridized carbons (Fsp3) is 1.00. The minimum Gasteiger partial charge on any atom is -0.107 e. The quantitative estimate of drug-likeness (QED) is 0.673. The molecule has 0 aliphatic rings. The van der Waals surface area contributed by atoms with Crippen molar-refractivity contribution in [2.75, 3.05) is 27.2 Å². The van der Waals surface area contributed by atoms with Gasteiger partial charge in [0, 0.05) is 0 Å². The molecule has 0 radical (unpaired) electrons. The van der Waals surface area contributed by atoms with Gasteiger partial charge in [0.1, 0.15) is 0 Å². The first-order valence-electron chi connectivity index (χ1n) is 3.39. The summed E-state index contributed by atoms with van der Waals surface area (Å²) >= 11 is -0.533. The van der Waals surface area contributed by atoms with Crippen LogP contribution in [0.25, 0.3) is 0 Å². The molecule has 0 aromatic rings. The zero-order chi connectivity index (χ0) is 7.28. The molecule has 0 spiro atoms. The van der Waals surface area contributed by atoms with Crippen molar-refractivity contribution >= 4 is 24.0 Å². The van der Waals surface area contributed by atoms with Crippen LogP contribution in [0.15, 0.2) is 0 Å². The molecule has 0 atom stereocenters. The summed E-state index contributed by atoms with van der Waals surface area (Å²) < 4.78 is 4.95. The molecule has 0 saturated carbocycles. The van der Waals surface area contributed by atoms with Crippen LogP contribution in [0, 0.1) is 37.5 Å². The van der Waals surface area contributed by atoms with Crippen LogP contribution in [-0.4, -0.2) is 29.2 Å². The molecule has 0 bridgehead atoms. The fourth-order valence-electron chi connectivity index (χ4n) is 0.433. The third-order valence-electron chi connectivity index (χ3n) is 1.29. The van der Waals surface area contributed by atoms with Gasteiger partial charge in [-0.05, 0) is 0 Å². The van der Waals surface area contributed by atoms with E-state index in [1.54, 1.807) is 0 Å². The maximum atomic E-state index is 2.48. The number of rotatable bonds is 4. The minimum atomic E-state index is -0.533. The summed E-state index contributed by atoms with van der Waals surface area (Å²) in [5, 5.41) is 0. The number of hydrogen-bond acceptors (Lipinski definition) is 2. The van der Waals surface area contributed by atoms with Gasteiger partial charge >= 0.3 is 80.5 Å². The Morgan fingerprint density at radius 2 is 1.30 bits per heavy atom. The summed E-state index contributed by atoms with van der Waals surface area (Å²) in [5.41, 5.74) is 0. The minimum absolute atomic E-state index is 0. The molecule has 0 aliphatic heterocycles. The van der Waals surface area contributed by atoms with Crippen molar-refractivity contribution in [2.24, 2.45) is 0 Å². The molecule has 0 amide bonds. The molecule has 0 aromatic carbocycles. The molecule has 2 nitrogen and oxygen atoms in total. The second-order valence-corrected chi connectivity index (χ2v) is 7.67. The average Bonchev–Trinajstić information content (AvgIpc) is 1.87. The molecule has 0 heterocycles. The summed E-state index contributed by atoms with van der Waals surface area (Å²) in [6.45, 7) is 6.87. The van der Waals surface area contributed by atoms with Crippen molar-refractivity contribution < 1.29 is 37.5 Å². The van der Waals surface area contributed by atoms with Crippen LogP contribution in [0.5, 0.6) is 0 Å². The molecule has 0 rings (SSSR count). The molecule has 0 aromatic heterocycles. The number of halogens is 1. The summed E-state index contributed by atoms with van der Waals surface area (Å²) in [4.78, 5) is 0. The van der Waals surface area contributed by atoms with Gasteiger partial charge < -0.3 is 0 Å². The third-order valence-corrected chi connectivity index (χ3v) is 5.51. The van der Waals surface area contributed by atoms with E-state index < -0.39 is 37.5 Å². The van der Waals surface area contributed by atoms with E-state index in [9.17, 15) is 0 Å². The molecule has 0 N–H and O–H groups in total. The van der Waals surface area contributed by atoms with Gasteiger partial charge in [-0.2, -0.15) is 0 Å². The van der Waals surface area contributed by atoms with E-state index in [0.717, 1.165) is 0 Å². The van der Waals surface area contributed by atoms with Crippen molar-refractivity contribution in [3.63, 3.8) is 0 Å². The monoisotopic (exact) mass is 386 g/mol. The molecular weight excluding hydrogens is 371 g/mol. The molecular formula is C6H17IN2Nd. The predicted molar refractivity (Wildman–Crippen MR) is 52.0 cm³/mol. The summed E-state index contributed by atoms with van der Waals surface area (Å²) in [5.74, 6) is 0. The Morgan fingerprint density at radius 1 is 1.00 bits per heavy atom. The third kappa shape index (κ3) is 8.10. The zero-order valence-corrected chi connectivity index (χ0v) is 12.8. The van der Waals surface area contributed by atoms with Gasteiger partial charge in [0.15, 0.2) is 0 Å². The van der Waals surface area contributed by atoms with Gasteiger partial charge in [0.25, 0.3) is 0 Å². The van der Waals surface area contributed by atoms with Crippen LogP contribution in [-0.2, 0) is 0 Å². The zero-order valence-electron chi connectivity index (χ0n) is 7.22. The Hall–Kier alpha value is 2.00. The maximum absolute atomic E-state index is 2.48. The van der Waals surface area contributed by atoms with Crippen molar-refractivity contribution in [1.82, 2.24) is 1.97 Å². The summed E-state index contributed by atoms with van der Waals surface area (Å²) in [6.07, 6.45) is 0. The van der Waals surface area contributed by atoms with Crippen LogP contribution < -0.4 is 0 Å². The van der Waals surface area contributed by atoms with Crippen molar-refractivity contribution in [1.29, 1.82) is 0 Å². The van der Waals surface area contributed by atoms with E-state index in [0.29, 0.717) is 0 Å². The van der Waals surface area contributed by atoms with E-state index in [4.69, 9.17) is 0 Å². The van der Waals surface area contributed by atoms with E-state index >= 15 is 0 Å². The molecule has 10 heavy (non-hydrogen) atoms. The summed E-state index contributed by atoms with van der Waals surface area (Å²) in [6, 6.07) is 0. The smallest absolute Gasteiger partial charge is 0.107 e. The van der Waals surface area contributed by atoms with Crippen LogP contribution in [0.2, 0.25) is 0 Å². The van der Waals surface area contributed by atoms with E-state index in [-0.39, 0.29) is 24.0 Å². The van der Waals surface area contributed by atoms with Crippen molar-refractivity contribution in [3.05, 3.63) is 0 Å². The van der Waals surface area contributed by atoms with Crippen LogP contribution >= 0.6 is 24.0 Å². The van der Waals surface area contributed by atoms with Gasteiger partial charge in [0.05, 0.1) is 0 Å².